The van der Waals surface area contributed by atoms with Crippen LogP contribution in [0.15, 0.2) is 17.0 Å². The highest BCUT2D eigenvalue weighted by molar-refractivity contribution is 7.89. The van der Waals surface area contributed by atoms with E-state index in [0.717, 1.165) is 32.0 Å². The van der Waals surface area contributed by atoms with Gasteiger partial charge in [-0.1, -0.05) is 0 Å². The van der Waals surface area contributed by atoms with Crippen LogP contribution < -0.4 is 5.73 Å². The van der Waals surface area contributed by atoms with Crippen molar-refractivity contribution in [1.29, 1.82) is 0 Å². The fraction of sp³-hybridized carbons (Fsp3) is 0.571. The minimum atomic E-state index is -3.72. The Labute approximate surface area is 125 Å². The Balaban J connectivity index is 2.29. The summed E-state index contributed by atoms with van der Waals surface area (Å²) in [5.74, 6) is -0.592. The fourth-order valence-corrected chi connectivity index (χ4v) is 4.01. The van der Waals surface area contributed by atoms with Crippen LogP contribution in [0.3, 0.4) is 0 Å². The summed E-state index contributed by atoms with van der Waals surface area (Å²) < 4.78 is 40.3. The van der Waals surface area contributed by atoms with Gasteiger partial charge in [0.1, 0.15) is 5.82 Å². The Bertz CT molecular complexity index is 602. The van der Waals surface area contributed by atoms with E-state index in [4.69, 9.17) is 5.73 Å². The zero-order valence-electron chi connectivity index (χ0n) is 12.6. The Morgan fingerprint density at radius 2 is 1.90 bits per heavy atom. The number of nitrogens with zero attached hydrogens (tertiary/aromatic N) is 2. The number of nitrogens with two attached hydrogens (primary N) is 1. The maximum Gasteiger partial charge on any atom is 0.243 e. The zero-order valence-corrected chi connectivity index (χ0v) is 13.5. The fourth-order valence-electron chi connectivity index (χ4n) is 2.54. The number of likely N-dealkylation sites (tertiary alicyclic amines) is 1. The Morgan fingerprint density at radius 1 is 1.33 bits per heavy atom. The van der Waals surface area contributed by atoms with Crippen LogP contribution in [0, 0.1) is 12.7 Å². The van der Waals surface area contributed by atoms with Gasteiger partial charge in [0.05, 0.1) is 4.90 Å². The van der Waals surface area contributed by atoms with Gasteiger partial charge in [0, 0.05) is 24.3 Å². The molecule has 7 heteroatoms. The molecule has 1 aliphatic heterocycles. The van der Waals surface area contributed by atoms with Crippen LogP contribution in [-0.4, -0.2) is 50.8 Å². The molecule has 0 aromatic heterocycles. The summed E-state index contributed by atoms with van der Waals surface area (Å²) in [5, 5.41) is 0. The van der Waals surface area contributed by atoms with Crippen LogP contribution >= 0.6 is 0 Å². The largest absolute Gasteiger partial charge is 0.398 e. The van der Waals surface area contributed by atoms with Crippen molar-refractivity contribution in [2.24, 2.45) is 0 Å². The van der Waals surface area contributed by atoms with Crippen LogP contribution in [0.4, 0.5) is 10.1 Å². The molecule has 0 saturated carbocycles. The first-order chi connectivity index (χ1) is 9.73. The smallest absolute Gasteiger partial charge is 0.243 e. The lowest BCUT2D eigenvalue weighted by atomic mass is 10.1. The van der Waals surface area contributed by atoms with E-state index in [9.17, 15) is 12.8 Å². The molecule has 118 valence electrons. The summed E-state index contributed by atoms with van der Waals surface area (Å²) in [6, 6.07) is 2.32. The standard InChI is InChI=1S/C14H22FN3O2S/c1-10-13(15)8-12(9-14(10)16)21(19,20)18(3)11-4-6-17(2)7-5-11/h8-9,11H,4-7,16H2,1-3H3. The molecular formula is C14H22FN3O2S. The van der Waals surface area contributed by atoms with Gasteiger partial charge in [0.2, 0.25) is 10.0 Å². The monoisotopic (exact) mass is 315 g/mol. The second kappa shape index (κ2) is 5.90. The van der Waals surface area contributed by atoms with Gasteiger partial charge in [-0.05, 0) is 52.0 Å². The zero-order chi connectivity index (χ0) is 15.8. The number of nitrogen functional groups attached to an aromatic ring is 1. The van der Waals surface area contributed by atoms with Crippen molar-refractivity contribution in [3.8, 4) is 0 Å². The van der Waals surface area contributed by atoms with Crippen LogP contribution in [-0.2, 0) is 10.0 Å². The molecule has 0 aliphatic carbocycles. The molecule has 0 bridgehead atoms. The van der Waals surface area contributed by atoms with Crippen molar-refractivity contribution < 1.29 is 12.8 Å². The van der Waals surface area contributed by atoms with Crippen LogP contribution in [0.5, 0.6) is 0 Å². The summed E-state index contributed by atoms with van der Waals surface area (Å²) in [7, 11) is -0.154. The lowest BCUT2D eigenvalue weighted by Gasteiger charge is -2.34. The summed E-state index contributed by atoms with van der Waals surface area (Å²) in [5.41, 5.74) is 6.12. The maximum atomic E-state index is 13.8. The third-order valence-corrected chi connectivity index (χ3v) is 6.13. The number of sulfonamides is 1. The van der Waals surface area contributed by atoms with Crippen LogP contribution in [0.25, 0.3) is 0 Å². The van der Waals surface area contributed by atoms with E-state index in [1.165, 1.54) is 17.3 Å². The highest BCUT2D eigenvalue weighted by atomic mass is 32.2. The minimum absolute atomic E-state index is 0.0585. The summed E-state index contributed by atoms with van der Waals surface area (Å²) in [6.07, 6.45) is 1.55. The highest BCUT2D eigenvalue weighted by Crippen LogP contribution is 2.26. The number of halogens is 1. The number of hydrogen-bond acceptors (Lipinski definition) is 4. The molecule has 1 fully saturated rings. The van der Waals surface area contributed by atoms with Gasteiger partial charge < -0.3 is 10.6 Å². The number of piperidine rings is 1. The van der Waals surface area contributed by atoms with E-state index in [0.29, 0.717) is 0 Å². The number of rotatable bonds is 3. The predicted molar refractivity (Wildman–Crippen MR) is 81.0 cm³/mol. The molecule has 2 N–H and O–H groups in total. The average molecular weight is 315 g/mol. The van der Waals surface area contributed by atoms with Gasteiger partial charge in [-0.25, -0.2) is 12.8 Å². The highest BCUT2D eigenvalue weighted by Gasteiger charge is 2.30. The van der Waals surface area contributed by atoms with E-state index in [1.54, 1.807) is 7.05 Å². The van der Waals surface area contributed by atoms with Crippen molar-refractivity contribution >= 4 is 15.7 Å². The molecule has 1 aliphatic rings. The molecule has 21 heavy (non-hydrogen) atoms. The van der Waals surface area contributed by atoms with Crippen molar-refractivity contribution in [3.63, 3.8) is 0 Å². The Kier molecular flexibility index (Phi) is 4.55. The van der Waals surface area contributed by atoms with Crippen molar-refractivity contribution in [2.75, 3.05) is 32.9 Å². The van der Waals surface area contributed by atoms with E-state index in [-0.39, 0.29) is 22.2 Å². The first kappa shape index (κ1) is 16.2. The maximum absolute atomic E-state index is 13.8. The number of hydrogen-bond donors (Lipinski definition) is 1. The molecule has 5 nitrogen and oxygen atoms in total. The molecular weight excluding hydrogens is 293 g/mol. The van der Waals surface area contributed by atoms with Gasteiger partial charge >= 0.3 is 0 Å². The second-order valence-corrected chi connectivity index (χ2v) is 7.67. The molecule has 1 heterocycles. The molecule has 2 rings (SSSR count). The molecule has 0 amide bonds. The molecule has 0 radical (unpaired) electrons. The van der Waals surface area contributed by atoms with Crippen LogP contribution in [0.1, 0.15) is 18.4 Å². The SMILES string of the molecule is Cc1c(N)cc(S(=O)(=O)N(C)C2CCN(C)CC2)cc1F. The topological polar surface area (TPSA) is 66.6 Å². The third kappa shape index (κ3) is 3.20. The van der Waals surface area contributed by atoms with Gasteiger partial charge in [-0.2, -0.15) is 4.31 Å². The van der Waals surface area contributed by atoms with Gasteiger partial charge in [0.25, 0.3) is 0 Å². The lowest BCUT2D eigenvalue weighted by molar-refractivity contribution is 0.197. The van der Waals surface area contributed by atoms with E-state index in [2.05, 4.69) is 4.90 Å². The van der Waals surface area contributed by atoms with Crippen molar-refractivity contribution in [3.05, 3.63) is 23.5 Å². The predicted octanol–water partition coefficient (Wildman–Crippen LogP) is 1.43. The number of benzene rings is 1. The number of anilines is 1. The lowest BCUT2D eigenvalue weighted by Crippen LogP contribution is -2.44. The third-order valence-electron chi connectivity index (χ3n) is 4.24. The minimum Gasteiger partial charge on any atom is -0.398 e. The molecule has 0 spiro atoms. The van der Waals surface area contributed by atoms with Gasteiger partial charge in [-0.3, -0.25) is 0 Å². The molecule has 0 unspecified atom stereocenters. The summed E-state index contributed by atoms with van der Waals surface area (Å²) in [6.45, 7) is 3.24. The molecule has 1 aromatic rings. The van der Waals surface area contributed by atoms with E-state index >= 15 is 0 Å². The molecule has 1 saturated heterocycles. The molecule has 0 atom stereocenters. The van der Waals surface area contributed by atoms with Crippen LogP contribution in [0.2, 0.25) is 0 Å². The first-order valence-corrected chi connectivity index (χ1v) is 8.39. The summed E-state index contributed by atoms with van der Waals surface area (Å²) >= 11 is 0. The van der Waals surface area contributed by atoms with E-state index < -0.39 is 15.8 Å². The van der Waals surface area contributed by atoms with Gasteiger partial charge in [0.15, 0.2) is 0 Å². The van der Waals surface area contributed by atoms with Crippen molar-refractivity contribution in [1.82, 2.24) is 9.21 Å². The Hall–Kier alpha value is -1.18. The Morgan fingerprint density at radius 3 is 2.43 bits per heavy atom. The summed E-state index contributed by atoms with van der Waals surface area (Å²) in [4.78, 5) is 2.09. The second-order valence-electron chi connectivity index (χ2n) is 5.68. The normalized spacial score (nSPS) is 18.3. The van der Waals surface area contributed by atoms with Crippen molar-refractivity contribution in [2.45, 2.75) is 30.7 Å². The van der Waals surface area contributed by atoms with E-state index in [1.807, 2.05) is 7.05 Å². The first-order valence-electron chi connectivity index (χ1n) is 6.95. The quantitative estimate of drug-likeness (QED) is 0.857. The van der Waals surface area contributed by atoms with Gasteiger partial charge in [-0.15, -0.1) is 0 Å². The molecule has 1 aromatic carbocycles. The average Bonchev–Trinajstić information content (AvgIpc) is 2.44.